The van der Waals surface area contributed by atoms with E-state index in [1.807, 2.05) is 28.8 Å². The van der Waals surface area contributed by atoms with Crippen LogP contribution in [-0.4, -0.2) is 38.9 Å². The third-order valence-corrected chi connectivity index (χ3v) is 6.11. The number of hydrogen-bond acceptors (Lipinski definition) is 6. The Morgan fingerprint density at radius 1 is 1.03 bits per heavy atom. The van der Waals surface area contributed by atoms with Gasteiger partial charge in [0.2, 0.25) is 0 Å². The highest BCUT2D eigenvalue weighted by Gasteiger charge is 2.20. The number of rotatable bonds is 4. The highest BCUT2D eigenvalue weighted by atomic mass is 32.2. The Morgan fingerprint density at radius 3 is 2.52 bits per heavy atom. The number of benzene rings is 2. The molecule has 0 aliphatic carbocycles. The normalized spacial score (nSPS) is 11.9. The van der Waals surface area contributed by atoms with E-state index in [4.69, 9.17) is 4.98 Å². The second-order valence-electron chi connectivity index (χ2n) is 7.08. The monoisotopic (exact) mass is 433 g/mol. The smallest absolute Gasteiger partial charge is 0.271 e. The van der Waals surface area contributed by atoms with Crippen molar-refractivity contribution in [3.8, 4) is 22.8 Å². The van der Waals surface area contributed by atoms with Gasteiger partial charge in [0.15, 0.2) is 15.7 Å². The van der Waals surface area contributed by atoms with E-state index in [9.17, 15) is 18.5 Å². The summed E-state index contributed by atoms with van der Waals surface area (Å²) in [7, 11) is -3.32. The molecule has 10 heteroatoms. The molecule has 2 aromatic carbocycles. The van der Waals surface area contributed by atoms with Gasteiger partial charge in [-0.2, -0.15) is 0 Å². The minimum absolute atomic E-state index is 0.0302. The molecule has 0 aliphatic heterocycles. The average molecular weight is 433 g/mol. The van der Waals surface area contributed by atoms with Crippen LogP contribution >= 0.6 is 0 Å². The minimum atomic E-state index is -3.32. The number of sulfone groups is 1. The lowest BCUT2D eigenvalue weighted by molar-refractivity contribution is -0.384. The van der Waals surface area contributed by atoms with E-state index in [0.717, 1.165) is 11.8 Å². The molecular formula is C21H15N5O4S. The van der Waals surface area contributed by atoms with Crippen LogP contribution in [0, 0.1) is 10.1 Å². The Balaban J connectivity index is 1.73. The lowest BCUT2D eigenvalue weighted by atomic mass is 10.1. The van der Waals surface area contributed by atoms with Gasteiger partial charge in [-0.3, -0.25) is 14.5 Å². The Hall–Kier alpha value is -4.05. The lowest BCUT2D eigenvalue weighted by Gasteiger charge is -2.04. The van der Waals surface area contributed by atoms with Gasteiger partial charge in [-0.05, 0) is 30.3 Å². The van der Waals surface area contributed by atoms with E-state index >= 15 is 0 Å². The van der Waals surface area contributed by atoms with Gasteiger partial charge in [0.25, 0.3) is 5.69 Å². The summed E-state index contributed by atoms with van der Waals surface area (Å²) in [6, 6.07) is 16.5. The second-order valence-corrected chi connectivity index (χ2v) is 9.09. The second kappa shape index (κ2) is 6.74. The van der Waals surface area contributed by atoms with Gasteiger partial charge in [-0.15, -0.1) is 0 Å². The van der Waals surface area contributed by atoms with Crippen molar-refractivity contribution in [1.82, 2.24) is 19.4 Å². The standard InChI is InChI=1S/C21H15N5O4S/c1-31(29,30)15-8-5-13(6-9-15)19-20(25-11-3-2-4-18(25)24-19)21-22-16-10-7-14(26(27)28)12-17(16)23-21/h2-12H,1H3,(H,22,23). The number of non-ortho nitro benzene ring substituents is 1. The average Bonchev–Trinajstić information content (AvgIpc) is 3.33. The zero-order valence-corrected chi connectivity index (χ0v) is 17.0. The minimum Gasteiger partial charge on any atom is -0.336 e. The van der Waals surface area contributed by atoms with Crippen LogP contribution in [0.5, 0.6) is 0 Å². The molecule has 5 aromatic rings. The molecule has 31 heavy (non-hydrogen) atoms. The van der Waals surface area contributed by atoms with Crippen molar-refractivity contribution in [3.63, 3.8) is 0 Å². The molecule has 0 saturated heterocycles. The van der Waals surface area contributed by atoms with Gasteiger partial charge in [0, 0.05) is 30.1 Å². The molecule has 0 aliphatic rings. The molecule has 154 valence electrons. The number of fused-ring (bicyclic) bond motifs is 2. The molecule has 9 nitrogen and oxygen atoms in total. The van der Waals surface area contributed by atoms with E-state index in [0.29, 0.717) is 33.9 Å². The van der Waals surface area contributed by atoms with Crippen molar-refractivity contribution in [1.29, 1.82) is 0 Å². The highest BCUT2D eigenvalue weighted by Crippen LogP contribution is 2.33. The van der Waals surface area contributed by atoms with Crippen LogP contribution in [0.1, 0.15) is 0 Å². The van der Waals surface area contributed by atoms with E-state index in [1.54, 1.807) is 30.3 Å². The van der Waals surface area contributed by atoms with Crippen molar-refractivity contribution in [3.05, 3.63) is 77.0 Å². The number of nitro groups is 1. The fourth-order valence-corrected chi connectivity index (χ4v) is 4.14. The maximum absolute atomic E-state index is 11.8. The van der Waals surface area contributed by atoms with Gasteiger partial charge in [-0.1, -0.05) is 18.2 Å². The number of imidazole rings is 2. The number of nitrogens with one attached hydrogen (secondary N) is 1. The van der Waals surface area contributed by atoms with Crippen molar-refractivity contribution >= 4 is 32.2 Å². The molecule has 0 radical (unpaired) electrons. The molecule has 3 heterocycles. The molecule has 0 amide bonds. The van der Waals surface area contributed by atoms with E-state index in [-0.39, 0.29) is 10.6 Å². The number of H-pyrrole nitrogens is 1. The number of pyridine rings is 1. The summed E-state index contributed by atoms with van der Waals surface area (Å²) in [4.78, 5) is 23.4. The fraction of sp³-hybridized carbons (Fsp3) is 0.0476. The maximum Gasteiger partial charge on any atom is 0.271 e. The van der Waals surface area contributed by atoms with Crippen molar-refractivity contribution in [2.75, 3.05) is 6.26 Å². The molecule has 0 unspecified atom stereocenters. The first-order valence-corrected chi connectivity index (χ1v) is 11.1. The van der Waals surface area contributed by atoms with Crippen molar-refractivity contribution in [2.24, 2.45) is 0 Å². The number of nitrogens with zero attached hydrogens (tertiary/aromatic N) is 4. The molecule has 0 atom stereocenters. The Kier molecular flexibility index (Phi) is 4.12. The van der Waals surface area contributed by atoms with Crippen LogP contribution in [0.4, 0.5) is 5.69 Å². The number of aromatic nitrogens is 4. The zero-order valence-electron chi connectivity index (χ0n) is 16.2. The van der Waals surface area contributed by atoms with Gasteiger partial charge in [0.05, 0.1) is 20.9 Å². The first kappa shape index (κ1) is 18.9. The first-order chi connectivity index (χ1) is 14.8. The van der Waals surface area contributed by atoms with Crippen LogP contribution < -0.4 is 0 Å². The van der Waals surface area contributed by atoms with Gasteiger partial charge < -0.3 is 4.98 Å². The molecule has 3 aromatic heterocycles. The zero-order chi connectivity index (χ0) is 21.8. The van der Waals surface area contributed by atoms with E-state index in [1.165, 1.54) is 12.1 Å². The third kappa shape index (κ3) is 3.22. The summed E-state index contributed by atoms with van der Waals surface area (Å²) >= 11 is 0. The van der Waals surface area contributed by atoms with E-state index < -0.39 is 14.8 Å². The molecule has 0 saturated carbocycles. The summed E-state index contributed by atoms with van der Waals surface area (Å²) in [5.41, 5.74) is 3.78. The quantitative estimate of drug-likeness (QED) is 0.339. The lowest BCUT2D eigenvalue weighted by Crippen LogP contribution is -1.96. The Bertz CT molecular complexity index is 1580. The van der Waals surface area contributed by atoms with Crippen molar-refractivity contribution < 1.29 is 13.3 Å². The first-order valence-electron chi connectivity index (χ1n) is 9.23. The SMILES string of the molecule is CS(=O)(=O)c1ccc(-c2nc3ccccn3c2-c2nc3ccc([N+](=O)[O-])cc3[nH]2)cc1. The summed E-state index contributed by atoms with van der Waals surface area (Å²) in [6.45, 7) is 0. The Labute approximate surface area is 176 Å². The predicted molar refractivity (Wildman–Crippen MR) is 115 cm³/mol. The highest BCUT2D eigenvalue weighted by molar-refractivity contribution is 7.90. The molecule has 0 bridgehead atoms. The summed E-state index contributed by atoms with van der Waals surface area (Å²) in [6.07, 6.45) is 3.01. The summed E-state index contributed by atoms with van der Waals surface area (Å²) in [5.74, 6) is 0.497. The molecular weight excluding hydrogens is 418 g/mol. The van der Waals surface area contributed by atoms with Crippen LogP contribution in [0.15, 0.2) is 71.8 Å². The molecule has 5 rings (SSSR count). The fourth-order valence-electron chi connectivity index (χ4n) is 3.51. The van der Waals surface area contributed by atoms with Crippen LogP contribution in [-0.2, 0) is 9.84 Å². The summed E-state index contributed by atoms with van der Waals surface area (Å²) < 4.78 is 25.5. The van der Waals surface area contributed by atoms with Gasteiger partial charge in [-0.25, -0.2) is 18.4 Å². The third-order valence-electron chi connectivity index (χ3n) is 4.99. The number of nitro benzene ring substituents is 1. The number of aromatic amines is 1. The molecule has 0 spiro atoms. The summed E-state index contributed by atoms with van der Waals surface area (Å²) in [5, 5.41) is 11.1. The van der Waals surface area contributed by atoms with Crippen LogP contribution in [0.2, 0.25) is 0 Å². The van der Waals surface area contributed by atoms with Gasteiger partial charge in [0.1, 0.15) is 17.0 Å². The topological polar surface area (TPSA) is 123 Å². The van der Waals surface area contributed by atoms with E-state index in [2.05, 4.69) is 9.97 Å². The van der Waals surface area contributed by atoms with Crippen LogP contribution in [0.3, 0.4) is 0 Å². The van der Waals surface area contributed by atoms with Crippen LogP contribution in [0.25, 0.3) is 39.5 Å². The molecule has 0 fully saturated rings. The largest absolute Gasteiger partial charge is 0.336 e. The van der Waals surface area contributed by atoms with Gasteiger partial charge >= 0.3 is 0 Å². The maximum atomic E-state index is 11.8. The number of hydrogen-bond donors (Lipinski definition) is 1. The van der Waals surface area contributed by atoms with Crippen molar-refractivity contribution in [2.45, 2.75) is 4.90 Å². The predicted octanol–water partition coefficient (Wildman–Crippen LogP) is 3.86. The Morgan fingerprint density at radius 2 is 1.81 bits per heavy atom. The molecule has 1 N–H and O–H groups in total.